The molecule has 3 unspecified atom stereocenters. The van der Waals surface area contributed by atoms with Crippen LogP contribution in [0.3, 0.4) is 0 Å². The number of hydrogen-bond acceptors (Lipinski definition) is 1. The van der Waals surface area contributed by atoms with Gasteiger partial charge in [-0.05, 0) is 5.41 Å². The number of amides is 1. The Bertz CT molecular complexity index is 659. The highest BCUT2D eigenvalue weighted by Crippen LogP contribution is 2.47. The molecule has 0 spiro atoms. The zero-order valence-corrected chi connectivity index (χ0v) is 13.0. The van der Waals surface area contributed by atoms with Gasteiger partial charge in [0.05, 0.1) is 5.56 Å². The summed E-state index contributed by atoms with van der Waals surface area (Å²) in [6.07, 6.45) is -3.88. The molecule has 1 heterocycles. The summed E-state index contributed by atoms with van der Waals surface area (Å²) >= 11 is 0. The number of benzene rings is 1. The molecule has 3 atom stereocenters. The molecule has 1 aromatic carbocycles. The fourth-order valence-electron chi connectivity index (χ4n) is 3.17. The van der Waals surface area contributed by atoms with Gasteiger partial charge in [0.15, 0.2) is 23.3 Å². The van der Waals surface area contributed by atoms with E-state index in [1.165, 1.54) is 0 Å². The SMILES string of the molecule is CC(C)(C)C1C(C(F)c2c(F)c(F)c(F)c(F)c2F)CN1C(=O)O. The molecule has 1 aliphatic rings. The largest absolute Gasteiger partial charge is 0.465 e. The van der Waals surface area contributed by atoms with E-state index < -0.39 is 70.8 Å². The van der Waals surface area contributed by atoms with Gasteiger partial charge in [0.2, 0.25) is 5.82 Å². The van der Waals surface area contributed by atoms with E-state index >= 15 is 0 Å². The maximum atomic E-state index is 14.7. The van der Waals surface area contributed by atoms with Gasteiger partial charge in [0, 0.05) is 18.5 Å². The molecule has 0 aromatic heterocycles. The monoisotopic (exact) mass is 355 g/mol. The number of nitrogens with zero attached hydrogens (tertiary/aromatic N) is 1. The van der Waals surface area contributed by atoms with E-state index in [1.807, 2.05) is 0 Å². The second-order valence-electron chi connectivity index (χ2n) is 6.80. The minimum absolute atomic E-state index is 0.405. The van der Waals surface area contributed by atoms with Gasteiger partial charge in [-0.1, -0.05) is 20.8 Å². The van der Waals surface area contributed by atoms with E-state index in [9.17, 15) is 31.1 Å². The number of alkyl halides is 1. The van der Waals surface area contributed by atoms with Gasteiger partial charge in [0.25, 0.3) is 0 Å². The van der Waals surface area contributed by atoms with Crippen LogP contribution in [0.1, 0.15) is 32.5 Å². The van der Waals surface area contributed by atoms with E-state index in [0.29, 0.717) is 0 Å². The van der Waals surface area contributed by atoms with Crippen molar-refractivity contribution in [1.82, 2.24) is 4.90 Å². The van der Waals surface area contributed by atoms with Crippen molar-refractivity contribution in [1.29, 1.82) is 0 Å². The lowest BCUT2D eigenvalue weighted by atomic mass is 9.69. The normalized spacial score (nSPS) is 22.3. The summed E-state index contributed by atoms with van der Waals surface area (Å²) in [5, 5.41) is 9.06. The zero-order chi connectivity index (χ0) is 18.6. The third-order valence-electron chi connectivity index (χ3n) is 4.18. The number of hydrogen-bond donors (Lipinski definition) is 1. The maximum Gasteiger partial charge on any atom is 0.407 e. The van der Waals surface area contributed by atoms with Crippen LogP contribution in [0.25, 0.3) is 0 Å². The smallest absolute Gasteiger partial charge is 0.407 e. The molecule has 0 bridgehead atoms. The van der Waals surface area contributed by atoms with E-state index in [1.54, 1.807) is 20.8 Å². The molecule has 0 saturated carbocycles. The first-order valence-corrected chi connectivity index (χ1v) is 7.04. The third kappa shape index (κ3) is 2.69. The second-order valence-corrected chi connectivity index (χ2v) is 6.80. The lowest BCUT2D eigenvalue weighted by Crippen LogP contribution is -2.64. The summed E-state index contributed by atoms with van der Waals surface area (Å²) in [5.41, 5.74) is -2.36. The van der Waals surface area contributed by atoms with Crippen LogP contribution in [0.4, 0.5) is 31.1 Å². The van der Waals surface area contributed by atoms with Crippen LogP contribution >= 0.6 is 0 Å². The Morgan fingerprint density at radius 3 is 1.83 bits per heavy atom. The highest BCUT2D eigenvalue weighted by atomic mass is 19.2. The molecule has 3 nitrogen and oxygen atoms in total. The van der Waals surface area contributed by atoms with Crippen molar-refractivity contribution in [2.24, 2.45) is 11.3 Å². The summed E-state index contributed by atoms with van der Waals surface area (Å²) in [5.74, 6) is -12.5. The predicted molar refractivity (Wildman–Crippen MR) is 71.5 cm³/mol. The number of likely N-dealkylation sites (tertiary alicyclic amines) is 1. The summed E-state index contributed by atoms with van der Waals surface area (Å²) in [6.45, 7) is 4.36. The molecule has 1 saturated heterocycles. The Kier molecular flexibility index (Phi) is 4.49. The molecule has 0 radical (unpaired) electrons. The lowest BCUT2D eigenvalue weighted by Gasteiger charge is -2.53. The molecule has 1 amide bonds. The molecule has 2 rings (SSSR count). The summed E-state index contributed by atoms with van der Waals surface area (Å²) in [6, 6.07) is -0.972. The second kappa shape index (κ2) is 5.86. The lowest BCUT2D eigenvalue weighted by molar-refractivity contribution is -0.0693. The molecule has 24 heavy (non-hydrogen) atoms. The predicted octanol–water partition coefficient (Wildman–Crippen LogP) is 4.42. The zero-order valence-electron chi connectivity index (χ0n) is 13.0. The highest BCUT2D eigenvalue weighted by Gasteiger charge is 2.53. The molecule has 1 fully saturated rings. The third-order valence-corrected chi connectivity index (χ3v) is 4.18. The first-order valence-electron chi connectivity index (χ1n) is 7.04. The van der Waals surface area contributed by atoms with E-state index in [0.717, 1.165) is 4.90 Å². The molecule has 1 aliphatic heterocycles. The van der Waals surface area contributed by atoms with Crippen LogP contribution in [-0.2, 0) is 0 Å². The minimum Gasteiger partial charge on any atom is -0.465 e. The fourth-order valence-corrected chi connectivity index (χ4v) is 3.17. The van der Waals surface area contributed by atoms with Crippen molar-refractivity contribution >= 4 is 6.09 Å². The Morgan fingerprint density at radius 1 is 1.04 bits per heavy atom. The molecular formula is C15H15F6NO2. The summed E-state index contributed by atoms with van der Waals surface area (Å²) < 4.78 is 81.7. The van der Waals surface area contributed by atoms with E-state index in [4.69, 9.17) is 5.11 Å². The van der Waals surface area contributed by atoms with Crippen molar-refractivity contribution in [3.63, 3.8) is 0 Å². The Morgan fingerprint density at radius 2 is 1.46 bits per heavy atom. The van der Waals surface area contributed by atoms with Crippen LogP contribution < -0.4 is 0 Å². The van der Waals surface area contributed by atoms with Crippen molar-refractivity contribution in [2.45, 2.75) is 33.0 Å². The van der Waals surface area contributed by atoms with Crippen molar-refractivity contribution in [3.8, 4) is 0 Å². The van der Waals surface area contributed by atoms with Gasteiger partial charge in [0.1, 0.15) is 6.17 Å². The van der Waals surface area contributed by atoms with Crippen LogP contribution in [0.15, 0.2) is 0 Å². The highest BCUT2D eigenvalue weighted by molar-refractivity contribution is 5.67. The van der Waals surface area contributed by atoms with E-state index in [2.05, 4.69) is 0 Å². The summed E-state index contributed by atoms with van der Waals surface area (Å²) in [4.78, 5) is 12.0. The average molecular weight is 355 g/mol. The van der Waals surface area contributed by atoms with Gasteiger partial charge in [-0.3, -0.25) is 0 Å². The van der Waals surface area contributed by atoms with Crippen LogP contribution in [0.5, 0.6) is 0 Å². The molecule has 9 heteroatoms. The topological polar surface area (TPSA) is 40.5 Å². The number of rotatable bonds is 2. The Labute approximate surface area is 133 Å². The standard InChI is InChI=1S/C15H15F6NO2/c1-15(2,3)13-5(4-22(13)14(23)24)7(16)6-8(17)10(19)12(21)11(20)9(6)18/h5,7,13H,4H2,1-3H3,(H,23,24). The fraction of sp³-hybridized carbons (Fsp3) is 0.533. The molecule has 0 aliphatic carbocycles. The van der Waals surface area contributed by atoms with Crippen LogP contribution in [0, 0.1) is 40.4 Å². The molecule has 134 valence electrons. The minimum atomic E-state index is -2.53. The van der Waals surface area contributed by atoms with Crippen LogP contribution in [0.2, 0.25) is 0 Å². The summed E-state index contributed by atoms with van der Waals surface area (Å²) in [7, 11) is 0. The van der Waals surface area contributed by atoms with Crippen molar-refractivity contribution in [2.75, 3.05) is 6.54 Å². The van der Waals surface area contributed by atoms with Gasteiger partial charge >= 0.3 is 6.09 Å². The number of carboxylic acid groups (broad SMARTS) is 1. The quantitative estimate of drug-likeness (QED) is 0.485. The average Bonchev–Trinajstić information content (AvgIpc) is 2.39. The van der Waals surface area contributed by atoms with Gasteiger partial charge in [-0.2, -0.15) is 0 Å². The Hall–Kier alpha value is -1.93. The number of halogens is 6. The van der Waals surface area contributed by atoms with Crippen LogP contribution in [-0.4, -0.2) is 28.7 Å². The van der Waals surface area contributed by atoms with Gasteiger partial charge in [-0.15, -0.1) is 0 Å². The number of carbonyl (C=O) groups is 1. The van der Waals surface area contributed by atoms with Crippen molar-refractivity contribution in [3.05, 3.63) is 34.6 Å². The first kappa shape index (κ1) is 18.4. The van der Waals surface area contributed by atoms with Crippen molar-refractivity contribution < 1.29 is 36.2 Å². The van der Waals surface area contributed by atoms with E-state index in [-0.39, 0.29) is 0 Å². The molecule has 1 aromatic rings. The first-order chi connectivity index (χ1) is 10.9. The maximum absolute atomic E-state index is 14.7. The van der Waals surface area contributed by atoms with Gasteiger partial charge in [-0.25, -0.2) is 31.1 Å². The Balaban J connectivity index is 2.47. The van der Waals surface area contributed by atoms with Gasteiger partial charge < -0.3 is 10.0 Å². The molecular weight excluding hydrogens is 340 g/mol. The molecule has 1 N–H and O–H groups in total.